The lowest BCUT2D eigenvalue weighted by molar-refractivity contribution is 0.600. The molecule has 3 N–H and O–H groups in total. The number of nitrogen functional groups attached to an aromatic ring is 1. The van der Waals surface area contributed by atoms with Gasteiger partial charge in [0.2, 0.25) is 0 Å². The van der Waals surface area contributed by atoms with Crippen molar-refractivity contribution in [3.63, 3.8) is 0 Å². The Bertz CT molecular complexity index is 457. The highest BCUT2D eigenvalue weighted by Gasteiger charge is 2.02. The second-order valence-electron chi connectivity index (χ2n) is 3.78. The molecule has 5 nitrogen and oxygen atoms in total. The minimum absolute atomic E-state index is 0.188. The van der Waals surface area contributed by atoms with Gasteiger partial charge in [-0.15, -0.1) is 0 Å². The summed E-state index contributed by atoms with van der Waals surface area (Å²) in [6, 6.07) is 3.56. The molecule has 0 saturated heterocycles. The third-order valence-corrected chi connectivity index (χ3v) is 3.15. The number of hydrogen-bond acceptors (Lipinski definition) is 5. The van der Waals surface area contributed by atoms with Crippen LogP contribution in [-0.2, 0) is 9.84 Å². The van der Waals surface area contributed by atoms with Crippen molar-refractivity contribution in [2.75, 3.05) is 29.6 Å². The summed E-state index contributed by atoms with van der Waals surface area (Å²) in [5.41, 5.74) is 7.06. The Balaban J connectivity index is 2.41. The van der Waals surface area contributed by atoms with E-state index >= 15 is 0 Å². The zero-order valence-corrected chi connectivity index (χ0v) is 10.3. The summed E-state index contributed by atoms with van der Waals surface area (Å²) in [5.74, 6) is 0.911. The smallest absolute Gasteiger partial charge is 0.147 e. The average molecular weight is 243 g/mol. The molecule has 6 heteroatoms. The highest BCUT2D eigenvalue weighted by atomic mass is 32.2. The monoisotopic (exact) mass is 243 g/mol. The molecule has 0 spiro atoms. The van der Waals surface area contributed by atoms with Gasteiger partial charge in [-0.1, -0.05) is 0 Å². The van der Waals surface area contributed by atoms with E-state index in [4.69, 9.17) is 5.73 Å². The molecular formula is C10H17N3O2S. The number of rotatable bonds is 5. The Morgan fingerprint density at radius 1 is 1.44 bits per heavy atom. The Kier molecular flexibility index (Phi) is 4.12. The number of anilines is 2. The van der Waals surface area contributed by atoms with E-state index < -0.39 is 9.84 Å². The van der Waals surface area contributed by atoms with Gasteiger partial charge < -0.3 is 11.1 Å². The van der Waals surface area contributed by atoms with Gasteiger partial charge in [0.05, 0.1) is 17.1 Å². The first-order valence-electron chi connectivity index (χ1n) is 5.03. The van der Waals surface area contributed by atoms with Crippen LogP contribution < -0.4 is 11.1 Å². The Morgan fingerprint density at radius 3 is 2.69 bits per heavy atom. The highest BCUT2D eigenvalue weighted by molar-refractivity contribution is 7.90. The van der Waals surface area contributed by atoms with Gasteiger partial charge in [0, 0.05) is 12.8 Å². The van der Waals surface area contributed by atoms with Crippen LogP contribution in [-0.4, -0.2) is 32.0 Å². The van der Waals surface area contributed by atoms with E-state index in [0.717, 1.165) is 11.5 Å². The number of nitrogens with zero attached hydrogens (tertiary/aromatic N) is 1. The van der Waals surface area contributed by atoms with Crippen LogP contribution in [0.15, 0.2) is 12.1 Å². The van der Waals surface area contributed by atoms with E-state index in [-0.39, 0.29) is 5.75 Å². The van der Waals surface area contributed by atoms with Crippen molar-refractivity contribution >= 4 is 21.3 Å². The van der Waals surface area contributed by atoms with Gasteiger partial charge in [0.15, 0.2) is 0 Å². The summed E-state index contributed by atoms with van der Waals surface area (Å²) in [4.78, 5) is 4.22. The summed E-state index contributed by atoms with van der Waals surface area (Å²) < 4.78 is 21.8. The maximum absolute atomic E-state index is 10.9. The molecule has 0 fully saturated rings. The second-order valence-corrected chi connectivity index (χ2v) is 6.04. The third kappa shape index (κ3) is 4.48. The van der Waals surface area contributed by atoms with Crippen LogP contribution >= 0.6 is 0 Å². The molecule has 1 heterocycles. The van der Waals surface area contributed by atoms with Gasteiger partial charge in [-0.25, -0.2) is 13.4 Å². The molecule has 1 rings (SSSR count). The van der Waals surface area contributed by atoms with Gasteiger partial charge in [0.25, 0.3) is 0 Å². The number of aromatic nitrogens is 1. The zero-order chi connectivity index (χ0) is 12.2. The van der Waals surface area contributed by atoms with Crippen molar-refractivity contribution in [1.82, 2.24) is 4.98 Å². The van der Waals surface area contributed by atoms with E-state index in [1.807, 2.05) is 6.92 Å². The molecule has 1 aromatic rings. The zero-order valence-electron chi connectivity index (χ0n) is 9.53. The largest absolute Gasteiger partial charge is 0.397 e. The highest BCUT2D eigenvalue weighted by Crippen LogP contribution is 2.11. The normalized spacial score (nSPS) is 11.4. The lowest BCUT2D eigenvalue weighted by atomic mass is 10.3. The lowest BCUT2D eigenvalue weighted by Gasteiger charge is -2.06. The van der Waals surface area contributed by atoms with Crippen LogP contribution in [0.3, 0.4) is 0 Å². The molecule has 1 aromatic heterocycles. The van der Waals surface area contributed by atoms with E-state index in [2.05, 4.69) is 10.3 Å². The molecule has 0 bridgehead atoms. The quantitative estimate of drug-likeness (QED) is 0.748. The molecule has 0 amide bonds. The van der Waals surface area contributed by atoms with Crippen LogP contribution in [0.5, 0.6) is 0 Å². The molecule has 0 unspecified atom stereocenters. The van der Waals surface area contributed by atoms with Crippen molar-refractivity contribution < 1.29 is 8.42 Å². The van der Waals surface area contributed by atoms with Crippen LogP contribution in [0.1, 0.15) is 12.1 Å². The van der Waals surface area contributed by atoms with Crippen molar-refractivity contribution in [2.45, 2.75) is 13.3 Å². The summed E-state index contributed by atoms with van der Waals surface area (Å²) in [7, 11) is -2.87. The molecule has 90 valence electrons. The van der Waals surface area contributed by atoms with Crippen LogP contribution in [0.25, 0.3) is 0 Å². The molecule has 0 saturated carbocycles. The van der Waals surface area contributed by atoms with Crippen molar-refractivity contribution in [2.24, 2.45) is 0 Å². The van der Waals surface area contributed by atoms with Crippen molar-refractivity contribution in [1.29, 1.82) is 0 Å². The maximum atomic E-state index is 10.9. The number of aryl methyl sites for hydroxylation is 1. The molecule has 16 heavy (non-hydrogen) atoms. The Morgan fingerprint density at radius 2 is 2.12 bits per heavy atom. The molecular weight excluding hydrogens is 226 g/mol. The predicted octanol–water partition coefficient (Wildman–Crippen LogP) is 0.819. The first kappa shape index (κ1) is 12.8. The molecule has 0 aliphatic heterocycles. The van der Waals surface area contributed by atoms with E-state index in [1.54, 1.807) is 12.1 Å². The van der Waals surface area contributed by atoms with E-state index in [0.29, 0.717) is 18.7 Å². The predicted molar refractivity (Wildman–Crippen MR) is 66.2 cm³/mol. The molecule has 0 aromatic carbocycles. The maximum Gasteiger partial charge on any atom is 0.147 e. The molecule has 0 atom stereocenters. The fourth-order valence-electron chi connectivity index (χ4n) is 1.22. The average Bonchev–Trinajstić information content (AvgIpc) is 2.17. The number of nitrogens with two attached hydrogens (primary N) is 1. The summed E-state index contributed by atoms with van der Waals surface area (Å²) in [5, 5.41) is 3.05. The van der Waals surface area contributed by atoms with Gasteiger partial charge >= 0.3 is 0 Å². The van der Waals surface area contributed by atoms with Gasteiger partial charge in [-0.05, 0) is 25.5 Å². The van der Waals surface area contributed by atoms with Crippen molar-refractivity contribution in [3.8, 4) is 0 Å². The Labute approximate surface area is 96.0 Å². The first-order valence-corrected chi connectivity index (χ1v) is 7.09. The fraction of sp³-hybridized carbons (Fsp3) is 0.500. The van der Waals surface area contributed by atoms with Gasteiger partial charge in [-0.3, -0.25) is 0 Å². The second kappa shape index (κ2) is 5.16. The minimum Gasteiger partial charge on any atom is -0.397 e. The summed E-state index contributed by atoms with van der Waals surface area (Å²) >= 11 is 0. The number of pyridine rings is 1. The van der Waals surface area contributed by atoms with Gasteiger partial charge in [-0.2, -0.15) is 0 Å². The van der Waals surface area contributed by atoms with Crippen LogP contribution in [0, 0.1) is 6.92 Å². The minimum atomic E-state index is -2.87. The SMILES string of the molecule is Cc1nc(NCCCS(C)(=O)=O)ccc1N. The molecule has 0 aliphatic carbocycles. The Hall–Kier alpha value is -1.30. The number of hydrogen-bond donors (Lipinski definition) is 2. The number of sulfone groups is 1. The van der Waals surface area contributed by atoms with Crippen LogP contribution in [0.2, 0.25) is 0 Å². The van der Waals surface area contributed by atoms with E-state index in [1.165, 1.54) is 6.26 Å². The third-order valence-electron chi connectivity index (χ3n) is 2.12. The topological polar surface area (TPSA) is 85.1 Å². The molecule has 0 radical (unpaired) electrons. The first-order chi connectivity index (χ1) is 7.38. The number of nitrogens with one attached hydrogen (secondary N) is 1. The molecule has 0 aliphatic rings. The van der Waals surface area contributed by atoms with Crippen molar-refractivity contribution in [3.05, 3.63) is 17.8 Å². The summed E-state index contributed by atoms with van der Waals surface area (Å²) in [6.45, 7) is 2.42. The lowest BCUT2D eigenvalue weighted by Crippen LogP contribution is -2.10. The van der Waals surface area contributed by atoms with Crippen LogP contribution in [0.4, 0.5) is 11.5 Å². The standard InChI is InChI=1S/C10H17N3O2S/c1-8-9(11)4-5-10(13-8)12-6-3-7-16(2,14)15/h4-5H,3,6-7,11H2,1-2H3,(H,12,13). The summed E-state index contributed by atoms with van der Waals surface area (Å²) in [6.07, 6.45) is 1.81. The van der Waals surface area contributed by atoms with E-state index in [9.17, 15) is 8.42 Å². The van der Waals surface area contributed by atoms with Gasteiger partial charge in [0.1, 0.15) is 15.7 Å². The fourth-order valence-corrected chi connectivity index (χ4v) is 1.89.